The highest BCUT2D eigenvalue weighted by Crippen LogP contribution is 2.14. The molecule has 0 bridgehead atoms. The number of carbonyl (C=O) groups is 1. The van der Waals surface area contributed by atoms with Crippen molar-refractivity contribution in [3.8, 4) is 0 Å². The SMILES string of the molecule is CC(OCC1CCCNC1)C(=O)N1CCCC1. The van der Waals surface area contributed by atoms with E-state index in [-0.39, 0.29) is 12.0 Å². The number of amides is 1. The Balaban J connectivity index is 1.68. The Kier molecular flexibility index (Phi) is 4.80. The average molecular weight is 240 g/mol. The Hall–Kier alpha value is -0.610. The molecule has 1 amide bonds. The van der Waals surface area contributed by atoms with E-state index in [1.54, 1.807) is 0 Å². The van der Waals surface area contributed by atoms with Crippen LogP contribution in [0.3, 0.4) is 0 Å². The Labute approximate surface area is 104 Å². The maximum Gasteiger partial charge on any atom is 0.251 e. The van der Waals surface area contributed by atoms with Crippen LogP contribution in [0.5, 0.6) is 0 Å². The molecule has 4 nitrogen and oxygen atoms in total. The Morgan fingerprint density at radius 3 is 2.82 bits per heavy atom. The minimum Gasteiger partial charge on any atom is -0.368 e. The summed E-state index contributed by atoms with van der Waals surface area (Å²) < 4.78 is 5.72. The number of ether oxygens (including phenoxy) is 1. The van der Waals surface area contributed by atoms with Crippen LogP contribution >= 0.6 is 0 Å². The molecule has 2 heterocycles. The van der Waals surface area contributed by atoms with Crippen LogP contribution in [0.15, 0.2) is 0 Å². The number of rotatable bonds is 4. The number of hydrogen-bond donors (Lipinski definition) is 1. The van der Waals surface area contributed by atoms with Gasteiger partial charge in [0, 0.05) is 19.6 Å². The van der Waals surface area contributed by atoms with Gasteiger partial charge >= 0.3 is 0 Å². The molecule has 2 fully saturated rings. The van der Waals surface area contributed by atoms with Crippen molar-refractivity contribution >= 4 is 5.91 Å². The van der Waals surface area contributed by atoms with Crippen molar-refractivity contribution in [1.29, 1.82) is 0 Å². The van der Waals surface area contributed by atoms with Gasteiger partial charge in [0.25, 0.3) is 5.91 Å². The first-order valence-corrected chi connectivity index (χ1v) is 6.88. The molecule has 0 aromatic heterocycles. The van der Waals surface area contributed by atoms with Crippen molar-refractivity contribution in [2.75, 3.05) is 32.8 Å². The topological polar surface area (TPSA) is 41.6 Å². The number of likely N-dealkylation sites (tertiary alicyclic amines) is 1. The number of piperidine rings is 1. The second-order valence-electron chi connectivity index (χ2n) is 5.22. The highest BCUT2D eigenvalue weighted by Gasteiger charge is 2.24. The van der Waals surface area contributed by atoms with Gasteiger partial charge in [-0.2, -0.15) is 0 Å². The van der Waals surface area contributed by atoms with E-state index in [0.717, 1.165) is 39.0 Å². The summed E-state index contributed by atoms with van der Waals surface area (Å²) >= 11 is 0. The minimum atomic E-state index is -0.268. The number of hydrogen-bond acceptors (Lipinski definition) is 3. The van der Waals surface area contributed by atoms with Gasteiger partial charge in [-0.05, 0) is 45.1 Å². The second kappa shape index (κ2) is 6.36. The molecule has 1 N–H and O–H groups in total. The molecule has 0 aromatic rings. The molecule has 2 aliphatic rings. The first-order chi connectivity index (χ1) is 8.27. The largest absolute Gasteiger partial charge is 0.368 e. The minimum absolute atomic E-state index is 0.172. The number of nitrogens with zero attached hydrogens (tertiary/aromatic N) is 1. The fraction of sp³-hybridized carbons (Fsp3) is 0.923. The van der Waals surface area contributed by atoms with E-state index in [1.807, 2.05) is 11.8 Å². The van der Waals surface area contributed by atoms with Crippen molar-refractivity contribution in [3.63, 3.8) is 0 Å². The fourth-order valence-electron chi connectivity index (χ4n) is 2.61. The number of nitrogens with one attached hydrogen (secondary N) is 1. The molecule has 0 spiro atoms. The summed E-state index contributed by atoms with van der Waals surface area (Å²) in [5.74, 6) is 0.754. The lowest BCUT2D eigenvalue weighted by molar-refractivity contribution is -0.142. The lowest BCUT2D eigenvalue weighted by Gasteiger charge is -2.25. The third-order valence-electron chi connectivity index (χ3n) is 3.75. The Morgan fingerprint density at radius 2 is 2.18 bits per heavy atom. The van der Waals surface area contributed by atoms with Crippen LogP contribution in [-0.4, -0.2) is 49.7 Å². The summed E-state index contributed by atoms with van der Waals surface area (Å²) in [5.41, 5.74) is 0. The van der Waals surface area contributed by atoms with E-state index >= 15 is 0 Å². The van der Waals surface area contributed by atoms with Crippen LogP contribution in [0.25, 0.3) is 0 Å². The molecule has 0 aliphatic carbocycles. The van der Waals surface area contributed by atoms with Crippen LogP contribution in [0.1, 0.15) is 32.6 Å². The highest BCUT2D eigenvalue weighted by atomic mass is 16.5. The summed E-state index contributed by atoms with van der Waals surface area (Å²) in [6, 6.07) is 0. The monoisotopic (exact) mass is 240 g/mol. The second-order valence-corrected chi connectivity index (χ2v) is 5.22. The van der Waals surface area contributed by atoms with Gasteiger partial charge in [0.05, 0.1) is 6.61 Å². The molecule has 0 aromatic carbocycles. The molecule has 2 unspecified atom stereocenters. The Bertz CT molecular complexity index is 246. The predicted molar refractivity (Wildman–Crippen MR) is 66.8 cm³/mol. The standard InChI is InChI=1S/C13H24N2O2/c1-11(13(16)15-7-2-3-8-15)17-10-12-5-4-6-14-9-12/h11-12,14H,2-10H2,1H3. The molecule has 2 saturated heterocycles. The summed E-state index contributed by atoms with van der Waals surface area (Å²) in [6.07, 6.45) is 4.46. The van der Waals surface area contributed by atoms with E-state index in [9.17, 15) is 4.79 Å². The van der Waals surface area contributed by atoms with Crippen molar-refractivity contribution in [2.24, 2.45) is 5.92 Å². The average Bonchev–Trinajstić information content (AvgIpc) is 2.90. The molecular weight excluding hydrogens is 216 g/mol. The smallest absolute Gasteiger partial charge is 0.251 e. The van der Waals surface area contributed by atoms with E-state index in [0.29, 0.717) is 12.5 Å². The Morgan fingerprint density at radius 1 is 1.41 bits per heavy atom. The molecular formula is C13H24N2O2. The molecule has 98 valence electrons. The van der Waals surface area contributed by atoms with Gasteiger partial charge in [0.15, 0.2) is 0 Å². The van der Waals surface area contributed by atoms with Gasteiger partial charge in [-0.25, -0.2) is 0 Å². The third kappa shape index (κ3) is 3.68. The van der Waals surface area contributed by atoms with E-state index in [4.69, 9.17) is 4.74 Å². The molecule has 0 radical (unpaired) electrons. The zero-order chi connectivity index (χ0) is 12.1. The van der Waals surface area contributed by atoms with Crippen LogP contribution < -0.4 is 5.32 Å². The van der Waals surface area contributed by atoms with Crippen molar-refractivity contribution in [2.45, 2.75) is 38.7 Å². The predicted octanol–water partition coefficient (Wildman–Crippen LogP) is 1.01. The van der Waals surface area contributed by atoms with Gasteiger partial charge in [0.1, 0.15) is 6.10 Å². The van der Waals surface area contributed by atoms with E-state index < -0.39 is 0 Å². The molecule has 2 rings (SSSR count). The normalized spacial score (nSPS) is 27.1. The van der Waals surface area contributed by atoms with Crippen LogP contribution in [-0.2, 0) is 9.53 Å². The van der Waals surface area contributed by atoms with Crippen molar-refractivity contribution in [1.82, 2.24) is 10.2 Å². The third-order valence-corrected chi connectivity index (χ3v) is 3.75. The molecule has 2 aliphatic heterocycles. The highest BCUT2D eigenvalue weighted by molar-refractivity contribution is 5.80. The summed E-state index contributed by atoms with van der Waals surface area (Å²) in [4.78, 5) is 13.9. The zero-order valence-electron chi connectivity index (χ0n) is 10.8. The number of carbonyl (C=O) groups excluding carboxylic acids is 1. The molecule has 4 heteroatoms. The first kappa shape index (κ1) is 12.8. The van der Waals surface area contributed by atoms with Gasteiger partial charge in [-0.15, -0.1) is 0 Å². The van der Waals surface area contributed by atoms with Gasteiger partial charge in [0.2, 0.25) is 0 Å². The summed E-state index contributed by atoms with van der Waals surface area (Å²) in [7, 11) is 0. The quantitative estimate of drug-likeness (QED) is 0.797. The van der Waals surface area contributed by atoms with E-state index in [2.05, 4.69) is 5.32 Å². The van der Waals surface area contributed by atoms with Crippen LogP contribution in [0.4, 0.5) is 0 Å². The van der Waals surface area contributed by atoms with Gasteiger partial charge < -0.3 is 15.0 Å². The van der Waals surface area contributed by atoms with Gasteiger partial charge in [-0.3, -0.25) is 4.79 Å². The maximum absolute atomic E-state index is 12.0. The zero-order valence-corrected chi connectivity index (χ0v) is 10.8. The lowest BCUT2D eigenvalue weighted by atomic mass is 10.0. The lowest BCUT2D eigenvalue weighted by Crippen LogP contribution is -2.39. The van der Waals surface area contributed by atoms with E-state index in [1.165, 1.54) is 12.8 Å². The summed E-state index contributed by atoms with van der Waals surface area (Å²) in [5, 5.41) is 3.37. The first-order valence-electron chi connectivity index (χ1n) is 6.88. The van der Waals surface area contributed by atoms with Crippen LogP contribution in [0.2, 0.25) is 0 Å². The van der Waals surface area contributed by atoms with Crippen molar-refractivity contribution < 1.29 is 9.53 Å². The molecule has 17 heavy (non-hydrogen) atoms. The van der Waals surface area contributed by atoms with Crippen LogP contribution in [0, 0.1) is 5.92 Å². The maximum atomic E-state index is 12.0. The summed E-state index contributed by atoms with van der Waals surface area (Å²) in [6.45, 7) is 6.59. The van der Waals surface area contributed by atoms with Gasteiger partial charge in [-0.1, -0.05) is 0 Å². The molecule has 0 saturated carbocycles. The van der Waals surface area contributed by atoms with Crippen molar-refractivity contribution in [3.05, 3.63) is 0 Å². The fourth-order valence-corrected chi connectivity index (χ4v) is 2.61. The molecule has 2 atom stereocenters.